The highest BCUT2D eigenvalue weighted by molar-refractivity contribution is 5.82. The number of ether oxygens (including phenoxy) is 1. The van der Waals surface area contributed by atoms with Crippen molar-refractivity contribution in [1.82, 2.24) is 14.8 Å². The van der Waals surface area contributed by atoms with Gasteiger partial charge in [0.05, 0.1) is 19.1 Å². The molecule has 2 aromatic carbocycles. The predicted octanol–water partition coefficient (Wildman–Crippen LogP) is 6.53. The molecule has 9 heteroatoms. The highest BCUT2D eigenvalue weighted by Crippen LogP contribution is 2.34. The number of carbonyl (C=O) groups is 2. The van der Waals surface area contributed by atoms with Crippen molar-refractivity contribution < 1.29 is 23.1 Å². The van der Waals surface area contributed by atoms with E-state index in [-0.39, 0.29) is 36.5 Å². The Hall–Kier alpha value is -3.85. The lowest BCUT2D eigenvalue weighted by Gasteiger charge is -2.27. The maximum absolute atomic E-state index is 15.9. The molecule has 3 aromatic rings. The molecule has 1 aromatic heterocycles. The zero-order valence-electron chi connectivity index (χ0n) is 28.0. The number of hydrogen-bond acceptors (Lipinski definition) is 5. The van der Waals surface area contributed by atoms with Gasteiger partial charge in [-0.1, -0.05) is 32.0 Å². The number of hydrogen-bond donors (Lipinski definition) is 1. The third-order valence-electron chi connectivity index (χ3n) is 8.11. The number of rotatable bonds is 13. The number of pyridine rings is 1. The van der Waals surface area contributed by atoms with Gasteiger partial charge in [0, 0.05) is 18.3 Å². The summed E-state index contributed by atoms with van der Waals surface area (Å²) in [4.78, 5) is 42.1. The van der Waals surface area contributed by atoms with E-state index in [1.807, 2.05) is 64.9 Å². The molecule has 3 rings (SSSR count). The van der Waals surface area contributed by atoms with E-state index in [9.17, 15) is 14.4 Å². The summed E-state index contributed by atoms with van der Waals surface area (Å²) in [6.45, 7) is 13.4. The van der Waals surface area contributed by atoms with Crippen LogP contribution in [0.4, 0.5) is 8.78 Å². The first-order chi connectivity index (χ1) is 21.2. The molecule has 0 saturated carbocycles. The third-order valence-corrected chi connectivity index (χ3v) is 8.11. The molecule has 1 amide bonds. The number of nitrogens with one attached hydrogen (secondary N) is 1. The molecule has 0 spiro atoms. The molecule has 2 atom stereocenters. The van der Waals surface area contributed by atoms with E-state index in [1.54, 1.807) is 39.1 Å². The molecular formula is C36H47F2N3O4. The normalized spacial score (nSPS) is 12.8. The van der Waals surface area contributed by atoms with Crippen LogP contribution in [-0.2, 0) is 20.7 Å². The predicted molar refractivity (Wildman–Crippen MR) is 174 cm³/mol. The number of benzene rings is 2. The van der Waals surface area contributed by atoms with Crippen molar-refractivity contribution in [3.8, 4) is 11.1 Å². The van der Waals surface area contributed by atoms with Crippen LogP contribution in [0.15, 0.2) is 41.3 Å². The Balaban J connectivity index is 2.15. The largest absolute Gasteiger partial charge is 0.466 e. The lowest BCUT2D eigenvalue weighted by Crippen LogP contribution is -2.41. The second-order valence-electron chi connectivity index (χ2n) is 12.5. The Morgan fingerprint density at radius 1 is 1.00 bits per heavy atom. The topological polar surface area (TPSA) is 80.6 Å². The van der Waals surface area contributed by atoms with Crippen LogP contribution in [0.5, 0.6) is 0 Å². The second-order valence-corrected chi connectivity index (χ2v) is 12.5. The van der Waals surface area contributed by atoms with E-state index < -0.39 is 41.2 Å². The van der Waals surface area contributed by atoms with Crippen molar-refractivity contribution in [2.75, 3.05) is 27.2 Å². The summed E-state index contributed by atoms with van der Waals surface area (Å²) in [5.74, 6) is -2.72. The van der Waals surface area contributed by atoms with Crippen LogP contribution in [-0.4, -0.2) is 48.6 Å². The van der Waals surface area contributed by atoms with Crippen molar-refractivity contribution in [1.29, 1.82) is 0 Å². The Labute approximate surface area is 265 Å². The number of carbonyl (C=O) groups excluding carboxylic acids is 2. The molecule has 1 N–H and O–H groups in total. The van der Waals surface area contributed by atoms with Gasteiger partial charge >= 0.3 is 5.97 Å². The fourth-order valence-electron chi connectivity index (χ4n) is 5.72. The quantitative estimate of drug-likeness (QED) is 0.219. The van der Waals surface area contributed by atoms with E-state index in [4.69, 9.17) is 4.74 Å². The summed E-state index contributed by atoms with van der Waals surface area (Å²) >= 11 is 0. The van der Waals surface area contributed by atoms with Gasteiger partial charge in [-0.05, 0) is 119 Å². The number of nitrogens with zero attached hydrogens (tertiary/aromatic N) is 2. The van der Waals surface area contributed by atoms with Crippen LogP contribution in [0.3, 0.4) is 0 Å². The molecule has 0 aliphatic heterocycles. The Kier molecular flexibility index (Phi) is 12.2. The molecule has 0 unspecified atom stereocenters. The summed E-state index contributed by atoms with van der Waals surface area (Å²) in [5, 5.41) is 2.86. The summed E-state index contributed by atoms with van der Waals surface area (Å²) in [6, 6.07) is 7.11. The Morgan fingerprint density at radius 3 is 2.22 bits per heavy atom. The van der Waals surface area contributed by atoms with Crippen LogP contribution in [0, 0.1) is 45.2 Å². The minimum absolute atomic E-state index is 0.0444. The van der Waals surface area contributed by atoms with Gasteiger partial charge in [0.15, 0.2) is 5.82 Å². The molecule has 244 valence electrons. The number of amides is 1. The van der Waals surface area contributed by atoms with E-state index in [0.717, 1.165) is 26.8 Å². The number of esters is 1. The summed E-state index contributed by atoms with van der Waals surface area (Å²) < 4.78 is 37.6. The first kappa shape index (κ1) is 35.6. The number of aromatic nitrogens is 1. The molecule has 0 aliphatic rings. The minimum Gasteiger partial charge on any atom is -0.466 e. The highest BCUT2D eigenvalue weighted by atomic mass is 19.1. The molecule has 45 heavy (non-hydrogen) atoms. The first-order valence-electron chi connectivity index (χ1n) is 15.5. The Bertz CT molecular complexity index is 1580. The Morgan fingerprint density at radius 2 is 1.64 bits per heavy atom. The van der Waals surface area contributed by atoms with E-state index >= 15 is 8.78 Å². The minimum atomic E-state index is -1.10. The van der Waals surface area contributed by atoms with E-state index in [2.05, 4.69) is 5.32 Å². The number of halogens is 2. The molecule has 7 nitrogen and oxygen atoms in total. The monoisotopic (exact) mass is 623 g/mol. The first-order valence-corrected chi connectivity index (χ1v) is 15.5. The number of likely N-dealkylation sites (N-methyl/N-ethyl adjacent to an activating group) is 1. The molecule has 0 bridgehead atoms. The zero-order valence-corrected chi connectivity index (χ0v) is 28.0. The van der Waals surface area contributed by atoms with Crippen molar-refractivity contribution in [3.05, 3.63) is 91.9 Å². The molecular weight excluding hydrogens is 576 g/mol. The third kappa shape index (κ3) is 8.66. The summed E-state index contributed by atoms with van der Waals surface area (Å²) in [5.41, 5.74) is 4.15. The number of aryl methyl sites for hydroxylation is 3. The molecule has 0 saturated heterocycles. The summed E-state index contributed by atoms with van der Waals surface area (Å²) in [6.07, 6.45) is 1.93. The van der Waals surface area contributed by atoms with Crippen molar-refractivity contribution in [3.63, 3.8) is 0 Å². The summed E-state index contributed by atoms with van der Waals surface area (Å²) in [7, 11) is 3.80. The fourth-order valence-corrected chi connectivity index (χ4v) is 5.72. The average molecular weight is 624 g/mol. The van der Waals surface area contributed by atoms with Crippen molar-refractivity contribution >= 4 is 11.9 Å². The van der Waals surface area contributed by atoms with Crippen molar-refractivity contribution in [2.45, 2.75) is 79.8 Å². The molecule has 0 aliphatic carbocycles. The van der Waals surface area contributed by atoms with Crippen LogP contribution in [0.2, 0.25) is 0 Å². The lowest BCUT2D eigenvalue weighted by atomic mass is 9.90. The maximum Gasteiger partial charge on any atom is 0.308 e. The highest BCUT2D eigenvalue weighted by Gasteiger charge is 2.30. The van der Waals surface area contributed by atoms with Gasteiger partial charge in [-0.2, -0.15) is 0 Å². The van der Waals surface area contributed by atoms with E-state index in [1.165, 1.54) is 0 Å². The van der Waals surface area contributed by atoms with Gasteiger partial charge in [0.1, 0.15) is 11.9 Å². The van der Waals surface area contributed by atoms with Crippen LogP contribution in [0.1, 0.15) is 79.1 Å². The maximum atomic E-state index is 15.9. The van der Waals surface area contributed by atoms with Gasteiger partial charge < -0.3 is 19.5 Å². The SMILES string of the molecule is CCOC(=O)C[C@H](NC(=O)[C@H](CC(C)C)n1cc(CCN(C)C)c(C)c(F)c1=O)c1cc(-c2c(C)cccc2C)cc(C)c1F. The average Bonchev–Trinajstić information content (AvgIpc) is 2.95. The fraction of sp³-hybridized carbons (Fsp3) is 0.472. The van der Waals surface area contributed by atoms with Crippen LogP contribution in [0.25, 0.3) is 11.1 Å². The molecule has 1 heterocycles. The van der Waals surface area contributed by atoms with E-state index in [0.29, 0.717) is 24.1 Å². The van der Waals surface area contributed by atoms with Gasteiger partial charge in [-0.3, -0.25) is 14.4 Å². The zero-order chi connectivity index (χ0) is 33.6. The van der Waals surface area contributed by atoms with Crippen LogP contribution >= 0.6 is 0 Å². The standard InChI is InChI=1S/C36H47F2N3O4/c1-10-45-31(42)19-29(28-18-27(17-24(6)33(28)37)32-22(4)12-11-13-23(32)5)39-35(43)30(16-21(2)3)41-20-26(14-15-40(8)9)25(7)34(38)36(41)44/h11-13,17-18,20-21,29-30H,10,14-16,19H2,1-9H3,(H,39,43)/t29-,30-/m0/s1. The van der Waals surface area contributed by atoms with Gasteiger partial charge in [0.2, 0.25) is 5.91 Å². The second kappa shape index (κ2) is 15.4. The molecule has 0 fully saturated rings. The van der Waals surface area contributed by atoms with Gasteiger partial charge in [-0.15, -0.1) is 0 Å². The van der Waals surface area contributed by atoms with Crippen LogP contribution < -0.4 is 10.9 Å². The van der Waals surface area contributed by atoms with Gasteiger partial charge in [0.25, 0.3) is 5.56 Å². The van der Waals surface area contributed by atoms with Gasteiger partial charge in [-0.25, -0.2) is 8.78 Å². The smallest absolute Gasteiger partial charge is 0.308 e. The molecule has 0 radical (unpaired) electrons. The lowest BCUT2D eigenvalue weighted by molar-refractivity contribution is -0.144. The van der Waals surface area contributed by atoms with Crippen molar-refractivity contribution in [2.24, 2.45) is 5.92 Å².